The van der Waals surface area contributed by atoms with Crippen LogP contribution >= 0.6 is 0 Å². The second kappa shape index (κ2) is 9.39. The van der Waals surface area contributed by atoms with Crippen molar-refractivity contribution in [3.8, 4) is 0 Å². The fourth-order valence-corrected chi connectivity index (χ4v) is 1.57. The van der Waals surface area contributed by atoms with Crippen LogP contribution in [-0.4, -0.2) is 44.4 Å². The number of amides is 1. The van der Waals surface area contributed by atoms with Crippen molar-refractivity contribution in [2.24, 2.45) is 5.73 Å². The van der Waals surface area contributed by atoms with Crippen LogP contribution in [0.4, 0.5) is 0 Å². The maximum absolute atomic E-state index is 11.5. The van der Waals surface area contributed by atoms with Crippen molar-refractivity contribution in [1.82, 2.24) is 5.32 Å². The van der Waals surface area contributed by atoms with E-state index in [1.165, 1.54) is 0 Å². The van der Waals surface area contributed by atoms with Gasteiger partial charge in [0.05, 0.1) is 19.8 Å². The number of rotatable bonds is 10. The van der Waals surface area contributed by atoms with E-state index in [4.69, 9.17) is 15.2 Å². The first kappa shape index (κ1) is 16.4. The SMILES string of the molecule is CCCC(C)(C)NC(=O)COCCOCCN. The molecule has 5 nitrogen and oxygen atoms in total. The number of ether oxygens (including phenoxy) is 2. The van der Waals surface area contributed by atoms with Gasteiger partial charge in [0.25, 0.3) is 0 Å². The number of hydrogen-bond acceptors (Lipinski definition) is 4. The molecule has 1 amide bonds. The highest BCUT2D eigenvalue weighted by Gasteiger charge is 2.18. The van der Waals surface area contributed by atoms with Crippen molar-refractivity contribution >= 4 is 5.91 Å². The number of nitrogens with two attached hydrogens (primary N) is 1. The Hall–Kier alpha value is -0.650. The van der Waals surface area contributed by atoms with Crippen LogP contribution in [0.25, 0.3) is 0 Å². The monoisotopic (exact) mass is 246 g/mol. The summed E-state index contributed by atoms with van der Waals surface area (Å²) >= 11 is 0. The van der Waals surface area contributed by atoms with Crippen molar-refractivity contribution in [1.29, 1.82) is 0 Å². The van der Waals surface area contributed by atoms with Gasteiger partial charge in [0.15, 0.2) is 0 Å². The van der Waals surface area contributed by atoms with E-state index < -0.39 is 0 Å². The zero-order valence-corrected chi connectivity index (χ0v) is 11.3. The number of carbonyl (C=O) groups excluding carboxylic acids is 1. The fraction of sp³-hybridized carbons (Fsp3) is 0.917. The Labute approximate surface area is 104 Å². The molecule has 3 N–H and O–H groups in total. The van der Waals surface area contributed by atoms with E-state index in [0.29, 0.717) is 26.4 Å². The van der Waals surface area contributed by atoms with E-state index in [-0.39, 0.29) is 18.1 Å². The molecule has 0 spiro atoms. The van der Waals surface area contributed by atoms with Crippen LogP contribution in [0.2, 0.25) is 0 Å². The van der Waals surface area contributed by atoms with Gasteiger partial charge in [-0.25, -0.2) is 0 Å². The van der Waals surface area contributed by atoms with Gasteiger partial charge >= 0.3 is 0 Å². The molecule has 102 valence electrons. The first-order chi connectivity index (χ1) is 8.02. The summed E-state index contributed by atoms with van der Waals surface area (Å²) < 4.78 is 10.3. The Morgan fingerprint density at radius 3 is 2.47 bits per heavy atom. The molecule has 0 saturated heterocycles. The molecule has 0 aromatic carbocycles. The highest BCUT2D eigenvalue weighted by Crippen LogP contribution is 2.10. The Bertz CT molecular complexity index is 208. The third-order valence-electron chi connectivity index (χ3n) is 2.22. The molecule has 0 rings (SSSR count). The van der Waals surface area contributed by atoms with Crippen LogP contribution < -0.4 is 11.1 Å². The number of nitrogens with one attached hydrogen (secondary N) is 1. The van der Waals surface area contributed by atoms with E-state index in [2.05, 4.69) is 12.2 Å². The second-order valence-electron chi connectivity index (χ2n) is 4.64. The zero-order chi connectivity index (χ0) is 13.1. The molecule has 0 atom stereocenters. The molecule has 0 unspecified atom stereocenters. The summed E-state index contributed by atoms with van der Waals surface area (Å²) in [5.74, 6) is -0.0812. The standard InChI is InChI=1S/C12H26N2O3/c1-4-5-12(2,3)14-11(15)10-17-9-8-16-7-6-13/h4-10,13H2,1-3H3,(H,14,15). The highest BCUT2D eigenvalue weighted by atomic mass is 16.5. The minimum Gasteiger partial charge on any atom is -0.378 e. The molecule has 0 aliphatic carbocycles. The van der Waals surface area contributed by atoms with Crippen LogP contribution in [0.5, 0.6) is 0 Å². The Balaban J connectivity index is 3.52. The normalized spacial score (nSPS) is 11.5. The maximum Gasteiger partial charge on any atom is 0.246 e. The average molecular weight is 246 g/mol. The van der Waals surface area contributed by atoms with Gasteiger partial charge in [-0.1, -0.05) is 13.3 Å². The van der Waals surface area contributed by atoms with Crippen LogP contribution in [0, 0.1) is 0 Å². The number of carbonyl (C=O) groups is 1. The maximum atomic E-state index is 11.5. The first-order valence-corrected chi connectivity index (χ1v) is 6.18. The number of hydrogen-bond donors (Lipinski definition) is 2. The molecule has 0 saturated carbocycles. The smallest absolute Gasteiger partial charge is 0.246 e. The molecule has 0 bridgehead atoms. The van der Waals surface area contributed by atoms with Crippen molar-refractivity contribution in [2.45, 2.75) is 39.2 Å². The lowest BCUT2D eigenvalue weighted by Crippen LogP contribution is -2.45. The molecule has 0 aliphatic heterocycles. The highest BCUT2D eigenvalue weighted by molar-refractivity contribution is 5.77. The van der Waals surface area contributed by atoms with E-state index in [9.17, 15) is 4.79 Å². The summed E-state index contributed by atoms with van der Waals surface area (Å²) in [5.41, 5.74) is 5.10. The lowest BCUT2D eigenvalue weighted by atomic mass is 9.99. The third kappa shape index (κ3) is 10.2. The van der Waals surface area contributed by atoms with E-state index in [1.54, 1.807) is 0 Å². The Kier molecular flexibility index (Phi) is 9.03. The van der Waals surface area contributed by atoms with E-state index >= 15 is 0 Å². The fourth-order valence-electron chi connectivity index (χ4n) is 1.57. The average Bonchev–Trinajstić information content (AvgIpc) is 2.22. The first-order valence-electron chi connectivity index (χ1n) is 6.18. The molecule has 0 fully saturated rings. The lowest BCUT2D eigenvalue weighted by Gasteiger charge is -2.25. The zero-order valence-electron chi connectivity index (χ0n) is 11.3. The molecular weight excluding hydrogens is 220 g/mol. The molecule has 0 heterocycles. The quantitative estimate of drug-likeness (QED) is 0.556. The molecular formula is C12H26N2O3. The van der Waals surface area contributed by atoms with Crippen molar-refractivity contribution in [3.05, 3.63) is 0 Å². The van der Waals surface area contributed by atoms with E-state index in [0.717, 1.165) is 12.8 Å². The molecule has 17 heavy (non-hydrogen) atoms. The summed E-state index contributed by atoms with van der Waals surface area (Å²) in [6.07, 6.45) is 2.00. The van der Waals surface area contributed by atoms with Crippen LogP contribution in [0.3, 0.4) is 0 Å². The topological polar surface area (TPSA) is 73.6 Å². The third-order valence-corrected chi connectivity index (χ3v) is 2.22. The van der Waals surface area contributed by atoms with Gasteiger partial charge in [-0.2, -0.15) is 0 Å². The van der Waals surface area contributed by atoms with Crippen LogP contribution in [0.15, 0.2) is 0 Å². The van der Waals surface area contributed by atoms with Gasteiger partial charge in [0.2, 0.25) is 5.91 Å². The van der Waals surface area contributed by atoms with Gasteiger partial charge in [-0.15, -0.1) is 0 Å². The molecule has 5 heteroatoms. The summed E-state index contributed by atoms with van der Waals surface area (Å²) in [7, 11) is 0. The molecule has 0 aliphatic rings. The minimum absolute atomic E-state index is 0.0812. The molecule has 0 aromatic heterocycles. The minimum atomic E-state index is -0.161. The lowest BCUT2D eigenvalue weighted by molar-refractivity contribution is -0.127. The van der Waals surface area contributed by atoms with Gasteiger partial charge in [-0.3, -0.25) is 4.79 Å². The van der Waals surface area contributed by atoms with E-state index in [1.807, 2.05) is 13.8 Å². The van der Waals surface area contributed by atoms with Crippen LogP contribution in [0.1, 0.15) is 33.6 Å². The summed E-state index contributed by atoms with van der Waals surface area (Å²) in [5, 5.41) is 2.93. The van der Waals surface area contributed by atoms with Gasteiger partial charge in [0.1, 0.15) is 6.61 Å². The van der Waals surface area contributed by atoms with Gasteiger partial charge in [-0.05, 0) is 20.3 Å². The Morgan fingerprint density at radius 2 is 1.88 bits per heavy atom. The predicted molar refractivity (Wildman–Crippen MR) is 67.8 cm³/mol. The van der Waals surface area contributed by atoms with Crippen molar-refractivity contribution < 1.29 is 14.3 Å². The predicted octanol–water partition coefficient (Wildman–Crippen LogP) is 0.673. The van der Waals surface area contributed by atoms with Crippen LogP contribution in [-0.2, 0) is 14.3 Å². The van der Waals surface area contributed by atoms with Crippen molar-refractivity contribution in [3.63, 3.8) is 0 Å². The van der Waals surface area contributed by atoms with Crippen molar-refractivity contribution in [2.75, 3.05) is 33.0 Å². The molecule has 0 aromatic rings. The Morgan fingerprint density at radius 1 is 1.24 bits per heavy atom. The van der Waals surface area contributed by atoms with Gasteiger partial charge in [0, 0.05) is 12.1 Å². The largest absolute Gasteiger partial charge is 0.378 e. The summed E-state index contributed by atoms with van der Waals surface area (Å²) in [6.45, 7) is 8.13. The summed E-state index contributed by atoms with van der Waals surface area (Å²) in [4.78, 5) is 11.5. The summed E-state index contributed by atoms with van der Waals surface area (Å²) in [6, 6.07) is 0. The second-order valence-corrected chi connectivity index (χ2v) is 4.64. The van der Waals surface area contributed by atoms with Gasteiger partial charge < -0.3 is 20.5 Å². The molecule has 0 radical (unpaired) electrons.